The van der Waals surface area contributed by atoms with E-state index in [1.807, 2.05) is 6.92 Å². The fraction of sp³-hybridized carbons (Fsp3) is 0.500. The van der Waals surface area contributed by atoms with Crippen molar-refractivity contribution < 1.29 is 15.0 Å². The molecule has 5 nitrogen and oxygen atoms in total. The van der Waals surface area contributed by atoms with Crippen LogP contribution < -0.4 is 0 Å². The number of nitrogens with zero attached hydrogens (tertiary/aromatic N) is 1. The molecule has 0 saturated heterocycles. The highest BCUT2D eigenvalue weighted by Gasteiger charge is 2.18. The van der Waals surface area contributed by atoms with Crippen molar-refractivity contribution in [3.8, 4) is 0 Å². The van der Waals surface area contributed by atoms with E-state index in [1.165, 1.54) is 11.1 Å². The molecule has 0 aliphatic heterocycles. The molecule has 0 spiro atoms. The normalized spacial score (nSPS) is 11.1. The maximum Gasteiger partial charge on any atom is 0.352 e. The second-order valence-electron chi connectivity index (χ2n) is 5.90. The number of aromatic nitrogens is 2. The van der Waals surface area contributed by atoms with Crippen molar-refractivity contribution in [1.82, 2.24) is 9.55 Å². The molecule has 2 aromatic heterocycles. The first-order valence-corrected chi connectivity index (χ1v) is 8.23. The van der Waals surface area contributed by atoms with Crippen LogP contribution in [0.5, 0.6) is 0 Å². The lowest BCUT2D eigenvalue weighted by atomic mass is 10.0. The Morgan fingerprint density at radius 1 is 1.22 bits per heavy atom. The lowest BCUT2D eigenvalue weighted by molar-refractivity contribution is 0.0690. The minimum absolute atomic E-state index is 0.107. The highest BCUT2D eigenvalue weighted by molar-refractivity contribution is 5.88. The number of nitrogens with one attached hydrogen (secondary N) is 1. The van der Waals surface area contributed by atoms with Crippen LogP contribution in [0.25, 0.3) is 0 Å². The minimum atomic E-state index is -0.935. The predicted molar refractivity (Wildman–Crippen MR) is 90.2 cm³/mol. The van der Waals surface area contributed by atoms with Crippen molar-refractivity contribution in [2.75, 3.05) is 6.61 Å². The molecule has 2 aromatic rings. The van der Waals surface area contributed by atoms with Crippen molar-refractivity contribution in [2.45, 2.75) is 53.0 Å². The second kappa shape index (κ2) is 7.51. The minimum Gasteiger partial charge on any atom is -0.477 e. The van der Waals surface area contributed by atoms with E-state index in [2.05, 4.69) is 35.8 Å². The van der Waals surface area contributed by atoms with Gasteiger partial charge in [-0.3, -0.25) is 0 Å². The molecule has 0 aliphatic rings. The molecule has 0 atom stereocenters. The summed E-state index contributed by atoms with van der Waals surface area (Å²) in [7, 11) is 0. The summed E-state index contributed by atoms with van der Waals surface area (Å²) in [5, 5.41) is 18.4. The summed E-state index contributed by atoms with van der Waals surface area (Å²) < 4.78 is 2.12. The van der Waals surface area contributed by atoms with E-state index in [0.717, 1.165) is 29.7 Å². The molecule has 3 N–H and O–H groups in total. The highest BCUT2D eigenvalue weighted by atomic mass is 16.4. The summed E-state index contributed by atoms with van der Waals surface area (Å²) in [5.41, 5.74) is 5.65. The van der Waals surface area contributed by atoms with Crippen LogP contribution in [0.3, 0.4) is 0 Å². The highest BCUT2D eigenvalue weighted by Crippen LogP contribution is 2.22. The summed E-state index contributed by atoms with van der Waals surface area (Å²) in [6, 6.07) is 0. The van der Waals surface area contributed by atoms with E-state index in [9.17, 15) is 9.90 Å². The number of carboxylic acid groups (broad SMARTS) is 1. The van der Waals surface area contributed by atoms with Crippen LogP contribution in [0.2, 0.25) is 0 Å². The van der Waals surface area contributed by atoms with Crippen molar-refractivity contribution in [1.29, 1.82) is 0 Å². The summed E-state index contributed by atoms with van der Waals surface area (Å²) in [6.07, 6.45) is 7.60. The Balaban J connectivity index is 2.35. The number of aromatic amines is 1. The SMILES string of the molecule is CCc1cn(Cc2[nH]c(C(=O)O)c(C)c2CCCO)cc1CC. The maximum absolute atomic E-state index is 11.4. The number of aliphatic hydroxyl groups is 1. The molecule has 0 bridgehead atoms. The molecule has 0 radical (unpaired) electrons. The molecule has 0 amide bonds. The van der Waals surface area contributed by atoms with Crippen molar-refractivity contribution in [3.05, 3.63) is 46.0 Å². The molecule has 0 saturated carbocycles. The molecule has 2 rings (SSSR count). The van der Waals surface area contributed by atoms with Gasteiger partial charge >= 0.3 is 5.97 Å². The molecule has 0 fully saturated rings. The van der Waals surface area contributed by atoms with Crippen LogP contribution in [0.15, 0.2) is 12.4 Å². The van der Waals surface area contributed by atoms with Gasteiger partial charge in [0.15, 0.2) is 0 Å². The van der Waals surface area contributed by atoms with Crippen molar-refractivity contribution in [3.63, 3.8) is 0 Å². The standard InChI is InChI=1S/C18H26N2O3/c1-4-13-9-20(10-14(13)5-2)11-16-15(7-6-8-21)12(3)17(19-16)18(22)23/h9-10,19,21H,4-8,11H2,1-3H3,(H,22,23). The first kappa shape index (κ1) is 17.3. The van der Waals surface area contributed by atoms with Crippen molar-refractivity contribution in [2.24, 2.45) is 0 Å². The van der Waals surface area contributed by atoms with E-state index in [1.54, 1.807) is 0 Å². The Morgan fingerprint density at radius 3 is 2.30 bits per heavy atom. The van der Waals surface area contributed by atoms with Gasteiger partial charge in [0, 0.05) is 24.7 Å². The third-order valence-electron chi connectivity index (χ3n) is 4.42. The van der Waals surface area contributed by atoms with Gasteiger partial charge in [0.2, 0.25) is 0 Å². The molecule has 23 heavy (non-hydrogen) atoms. The summed E-state index contributed by atoms with van der Waals surface area (Å²) in [5.74, 6) is -0.935. The number of carbonyl (C=O) groups is 1. The fourth-order valence-corrected chi connectivity index (χ4v) is 3.15. The first-order valence-electron chi connectivity index (χ1n) is 8.23. The number of aromatic carboxylic acids is 1. The average Bonchev–Trinajstić information content (AvgIpc) is 3.06. The van der Waals surface area contributed by atoms with Crippen LogP contribution >= 0.6 is 0 Å². The molecule has 0 aromatic carbocycles. The van der Waals surface area contributed by atoms with E-state index < -0.39 is 5.97 Å². The van der Waals surface area contributed by atoms with Crippen LogP contribution in [-0.2, 0) is 25.8 Å². The average molecular weight is 318 g/mol. The number of H-pyrrole nitrogens is 1. The van der Waals surface area contributed by atoms with Gasteiger partial charge in [0.1, 0.15) is 5.69 Å². The second-order valence-corrected chi connectivity index (χ2v) is 5.90. The molecule has 2 heterocycles. The zero-order valence-electron chi connectivity index (χ0n) is 14.1. The van der Waals surface area contributed by atoms with Gasteiger partial charge in [-0.25, -0.2) is 4.79 Å². The van der Waals surface area contributed by atoms with Gasteiger partial charge in [-0.05, 0) is 54.9 Å². The van der Waals surface area contributed by atoms with E-state index in [0.29, 0.717) is 19.4 Å². The maximum atomic E-state index is 11.4. The van der Waals surface area contributed by atoms with Crippen LogP contribution in [0, 0.1) is 6.92 Å². The van der Waals surface area contributed by atoms with Gasteiger partial charge in [-0.1, -0.05) is 13.8 Å². The van der Waals surface area contributed by atoms with E-state index in [4.69, 9.17) is 5.11 Å². The van der Waals surface area contributed by atoms with Gasteiger partial charge in [-0.2, -0.15) is 0 Å². The monoisotopic (exact) mass is 318 g/mol. The molecule has 0 unspecified atom stereocenters. The zero-order valence-corrected chi connectivity index (χ0v) is 14.1. The summed E-state index contributed by atoms with van der Waals surface area (Å²) in [6.45, 7) is 6.86. The Bertz CT molecular complexity index is 661. The molecule has 5 heteroatoms. The largest absolute Gasteiger partial charge is 0.477 e. The summed E-state index contributed by atoms with van der Waals surface area (Å²) >= 11 is 0. The van der Waals surface area contributed by atoms with Crippen molar-refractivity contribution >= 4 is 5.97 Å². The Hall–Kier alpha value is -2.01. The van der Waals surface area contributed by atoms with E-state index in [-0.39, 0.29) is 12.3 Å². The quantitative estimate of drug-likeness (QED) is 0.700. The number of hydrogen-bond acceptors (Lipinski definition) is 2. The first-order chi connectivity index (χ1) is 11.0. The summed E-state index contributed by atoms with van der Waals surface area (Å²) in [4.78, 5) is 14.4. The smallest absolute Gasteiger partial charge is 0.352 e. The number of rotatable bonds is 8. The number of carboxylic acids is 1. The molecular formula is C18H26N2O3. The van der Waals surface area contributed by atoms with Crippen LogP contribution in [0.1, 0.15) is 58.7 Å². The predicted octanol–water partition coefficient (Wildman–Crippen LogP) is 2.92. The van der Waals surface area contributed by atoms with Gasteiger partial charge in [-0.15, -0.1) is 0 Å². The van der Waals surface area contributed by atoms with Gasteiger partial charge < -0.3 is 19.8 Å². The van der Waals surface area contributed by atoms with Crippen LogP contribution in [-0.4, -0.2) is 32.3 Å². The van der Waals surface area contributed by atoms with Crippen LogP contribution in [0.4, 0.5) is 0 Å². The molecule has 0 aliphatic carbocycles. The fourth-order valence-electron chi connectivity index (χ4n) is 3.15. The van der Waals surface area contributed by atoms with Gasteiger partial charge in [0.25, 0.3) is 0 Å². The number of hydrogen-bond donors (Lipinski definition) is 3. The Kier molecular flexibility index (Phi) is 5.66. The lowest BCUT2D eigenvalue weighted by Crippen LogP contribution is -2.02. The van der Waals surface area contributed by atoms with Gasteiger partial charge in [0.05, 0.1) is 6.54 Å². The number of aliphatic hydroxyl groups excluding tert-OH is 1. The molecular weight excluding hydrogens is 292 g/mol. The van der Waals surface area contributed by atoms with E-state index >= 15 is 0 Å². The molecule has 126 valence electrons. The third-order valence-corrected chi connectivity index (χ3v) is 4.42. The zero-order chi connectivity index (χ0) is 17.0. The Labute approximate surface area is 137 Å². The third kappa shape index (κ3) is 3.67. The lowest BCUT2D eigenvalue weighted by Gasteiger charge is -2.06. The topological polar surface area (TPSA) is 78.2 Å². The Morgan fingerprint density at radius 2 is 1.83 bits per heavy atom. The number of aryl methyl sites for hydroxylation is 2.